The van der Waals surface area contributed by atoms with Gasteiger partial charge in [-0.2, -0.15) is 0 Å². The fraction of sp³-hybridized carbons (Fsp3) is 0.875. The summed E-state index contributed by atoms with van der Waals surface area (Å²) in [6.45, 7) is 5.32. The van der Waals surface area contributed by atoms with Crippen LogP contribution in [-0.2, 0) is 14.3 Å². The maximum atomic E-state index is 12.9. The maximum Gasteiger partial charge on any atom is 0.246 e. The topological polar surface area (TPSA) is 58.6 Å². The van der Waals surface area contributed by atoms with Crippen LogP contribution in [0.4, 0.5) is 0 Å². The Bertz CT molecular complexity index is 429. The lowest BCUT2D eigenvalue weighted by Gasteiger charge is -2.47. The van der Waals surface area contributed by atoms with Crippen molar-refractivity contribution in [3.63, 3.8) is 0 Å². The van der Waals surface area contributed by atoms with Gasteiger partial charge in [0.15, 0.2) is 0 Å². The van der Waals surface area contributed by atoms with Crippen LogP contribution in [-0.4, -0.2) is 47.6 Å². The molecule has 1 N–H and O–H groups in total. The van der Waals surface area contributed by atoms with E-state index in [0.29, 0.717) is 18.9 Å². The molecule has 3 atom stereocenters. The zero-order chi connectivity index (χ0) is 15.0. The van der Waals surface area contributed by atoms with E-state index in [1.807, 2.05) is 18.7 Å². The van der Waals surface area contributed by atoms with Gasteiger partial charge in [0, 0.05) is 13.2 Å². The second kappa shape index (κ2) is 5.59. The summed E-state index contributed by atoms with van der Waals surface area (Å²) in [6, 6.07) is -0.351. The first kappa shape index (κ1) is 14.8. The SMILES string of the molecule is CCCC1NC(=O)C(C)(C2CC2)N(CC2CCCO2)C1=O. The molecule has 3 fully saturated rings. The Morgan fingerprint density at radius 2 is 2.10 bits per heavy atom. The Balaban J connectivity index is 1.83. The Hall–Kier alpha value is -1.10. The van der Waals surface area contributed by atoms with Crippen LogP contribution in [0, 0.1) is 5.92 Å². The van der Waals surface area contributed by atoms with Crippen molar-refractivity contribution in [2.75, 3.05) is 13.2 Å². The average molecular weight is 294 g/mol. The minimum absolute atomic E-state index is 0.0287. The number of carbonyl (C=O) groups excluding carboxylic acids is 2. The summed E-state index contributed by atoms with van der Waals surface area (Å²) in [7, 11) is 0. The summed E-state index contributed by atoms with van der Waals surface area (Å²) in [5, 5.41) is 2.96. The number of nitrogens with zero attached hydrogens (tertiary/aromatic N) is 1. The highest BCUT2D eigenvalue weighted by molar-refractivity contribution is 6.00. The molecule has 0 aromatic carbocycles. The quantitative estimate of drug-likeness (QED) is 0.835. The standard InChI is InChI=1S/C16H26N2O3/c1-3-5-13-14(19)18(10-12-6-4-9-21-12)16(2,11-7-8-11)15(20)17-13/h11-13H,3-10H2,1-2H3,(H,17,20). The zero-order valence-corrected chi connectivity index (χ0v) is 13.1. The fourth-order valence-electron chi connectivity index (χ4n) is 3.71. The van der Waals surface area contributed by atoms with E-state index in [1.165, 1.54) is 0 Å². The average Bonchev–Trinajstić information content (AvgIpc) is 3.19. The van der Waals surface area contributed by atoms with Gasteiger partial charge in [-0.25, -0.2) is 0 Å². The molecule has 1 aliphatic carbocycles. The molecule has 0 radical (unpaired) electrons. The number of piperazine rings is 1. The number of amides is 2. The zero-order valence-electron chi connectivity index (χ0n) is 13.1. The monoisotopic (exact) mass is 294 g/mol. The van der Waals surface area contributed by atoms with Crippen LogP contribution in [0.5, 0.6) is 0 Å². The Morgan fingerprint density at radius 3 is 2.67 bits per heavy atom. The number of carbonyl (C=O) groups is 2. The van der Waals surface area contributed by atoms with Gasteiger partial charge in [-0.15, -0.1) is 0 Å². The van der Waals surface area contributed by atoms with Crippen LogP contribution in [0.15, 0.2) is 0 Å². The van der Waals surface area contributed by atoms with Gasteiger partial charge in [0.2, 0.25) is 11.8 Å². The van der Waals surface area contributed by atoms with Crippen molar-refractivity contribution in [3.05, 3.63) is 0 Å². The van der Waals surface area contributed by atoms with Crippen LogP contribution in [0.25, 0.3) is 0 Å². The van der Waals surface area contributed by atoms with Gasteiger partial charge < -0.3 is 15.0 Å². The van der Waals surface area contributed by atoms with Crippen LogP contribution >= 0.6 is 0 Å². The molecule has 5 nitrogen and oxygen atoms in total. The van der Waals surface area contributed by atoms with Gasteiger partial charge in [-0.1, -0.05) is 13.3 Å². The van der Waals surface area contributed by atoms with Crippen molar-refractivity contribution in [1.82, 2.24) is 10.2 Å². The lowest BCUT2D eigenvalue weighted by atomic mass is 9.87. The van der Waals surface area contributed by atoms with E-state index in [9.17, 15) is 9.59 Å². The summed E-state index contributed by atoms with van der Waals surface area (Å²) < 4.78 is 5.70. The first-order valence-corrected chi connectivity index (χ1v) is 8.31. The van der Waals surface area contributed by atoms with E-state index in [-0.39, 0.29) is 24.0 Å². The van der Waals surface area contributed by atoms with Gasteiger partial charge in [-0.3, -0.25) is 9.59 Å². The number of nitrogens with one attached hydrogen (secondary N) is 1. The van der Waals surface area contributed by atoms with Crippen molar-refractivity contribution < 1.29 is 14.3 Å². The molecule has 2 heterocycles. The van der Waals surface area contributed by atoms with E-state index in [4.69, 9.17) is 4.74 Å². The summed E-state index contributed by atoms with van der Waals surface area (Å²) in [4.78, 5) is 27.4. The molecular formula is C16H26N2O3. The van der Waals surface area contributed by atoms with Gasteiger partial charge in [-0.05, 0) is 44.9 Å². The van der Waals surface area contributed by atoms with Crippen LogP contribution in [0.2, 0.25) is 0 Å². The molecule has 2 amide bonds. The van der Waals surface area contributed by atoms with E-state index < -0.39 is 5.54 Å². The first-order valence-electron chi connectivity index (χ1n) is 8.31. The molecule has 0 aromatic rings. The number of rotatable bonds is 5. The second-order valence-electron chi connectivity index (χ2n) is 6.82. The number of hydrogen-bond acceptors (Lipinski definition) is 3. The van der Waals surface area contributed by atoms with Crippen LogP contribution in [0.3, 0.4) is 0 Å². The largest absolute Gasteiger partial charge is 0.376 e. The van der Waals surface area contributed by atoms with Crippen molar-refractivity contribution >= 4 is 11.8 Å². The molecule has 3 unspecified atom stereocenters. The highest BCUT2D eigenvalue weighted by Crippen LogP contribution is 2.45. The van der Waals surface area contributed by atoms with Gasteiger partial charge >= 0.3 is 0 Å². The molecule has 0 aromatic heterocycles. The van der Waals surface area contributed by atoms with Gasteiger partial charge in [0.05, 0.1) is 6.10 Å². The second-order valence-corrected chi connectivity index (χ2v) is 6.82. The van der Waals surface area contributed by atoms with E-state index in [2.05, 4.69) is 5.32 Å². The van der Waals surface area contributed by atoms with Crippen LogP contribution in [0.1, 0.15) is 52.4 Å². The third-order valence-corrected chi connectivity index (χ3v) is 5.25. The predicted molar refractivity (Wildman–Crippen MR) is 78.7 cm³/mol. The van der Waals surface area contributed by atoms with E-state index in [0.717, 1.165) is 38.7 Å². The summed E-state index contributed by atoms with van der Waals surface area (Å²) in [5.41, 5.74) is -0.673. The summed E-state index contributed by atoms with van der Waals surface area (Å²) >= 11 is 0. The summed E-state index contributed by atoms with van der Waals surface area (Å²) in [6.07, 6.45) is 5.83. The normalized spacial score (nSPS) is 37.0. The van der Waals surface area contributed by atoms with Crippen molar-refractivity contribution in [2.45, 2.75) is 70.1 Å². The predicted octanol–water partition coefficient (Wildman–Crippen LogP) is 1.46. The van der Waals surface area contributed by atoms with E-state index >= 15 is 0 Å². The third-order valence-electron chi connectivity index (χ3n) is 5.25. The molecule has 5 heteroatoms. The van der Waals surface area contributed by atoms with Crippen molar-refractivity contribution in [1.29, 1.82) is 0 Å². The Kier molecular flexibility index (Phi) is 3.95. The van der Waals surface area contributed by atoms with Gasteiger partial charge in [0.25, 0.3) is 0 Å². The van der Waals surface area contributed by atoms with Crippen molar-refractivity contribution in [3.8, 4) is 0 Å². The molecule has 2 aliphatic heterocycles. The lowest BCUT2D eigenvalue weighted by Crippen LogP contribution is -2.71. The lowest BCUT2D eigenvalue weighted by molar-refractivity contribution is -0.160. The minimum Gasteiger partial charge on any atom is -0.376 e. The molecule has 3 aliphatic rings. The molecule has 1 saturated carbocycles. The summed E-state index contributed by atoms with van der Waals surface area (Å²) in [5.74, 6) is 0.424. The minimum atomic E-state index is -0.673. The highest BCUT2D eigenvalue weighted by Gasteiger charge is 2.57. The molecule has 0 spiro atoms. The smallest absolute Gasteiger partial charge is 0.246 e. The molecule has 118 valence electrons. The van der Waals surface area contributed by atoms with Crippen LogP contribution < -0.4 is 5.32 Å². The van der Waals surface area contributed by atoms with Crippen molar-refractivity contribution in [2.24, 2.45) is 5.92 Å². The molecule has 3 rings (SSSR count). The molecule has 2 saturated heterocycles. The maximum absolute atomic E-state index is 12.9. The fourth-order valence-corrected chi connectivity index (χ4v) is 3.71. The first-order chi connectivity index (χ1) is 10.1. The van der Waals surface area contributed by atoms with E-state index in [1.54, 1.807) is 0 Å². The molecule has 0 bridgehead atoms. The Morgan fingerprint density at radius 1 is 1.33 bits per heavy atom. The Labute approximate surface area is 126 Å². The number of ether oxygens (including phenoxy) is 1. The highest BCUT2D eigenvalue weighted by atomic mass is 16.5. The number of hydrogen-bond donors (Lipinski definition) is 1. The van der Waals surface area contributed by atoms with Gasteiger partial charge in [0.1, 0.15) is 11.6 Å². The molecular weight excluding hydrogens is 268 g/mol. The molecule has 21 heavy (non-hydrogen) atoms. The third kappa shape index (κ3) is 2.56.